The third-order valence-corrected chi connectivity index (χ3v) is 5.61. The van der Waals surface area contributed by atoms with Crippen LogP contribution in [-0.4, -0.2) is 73.0 Å². The number of likely N-dealkylation sites (N-methyl/N-ethyl adjacent to an activating group) is 1. The highest BCUT2D eigenvalue weighted by Gasteiger charge is 2.31. The number of hydrogen-bond donors (Lipinski definition) is 1. The topological polar surface area (TPSA) is 79.0 Å². The number of unbranched alkanes of at least 4 members (excludes halogenated alkanes) is 1. The van der Waals surface area contributed by atoms with Gasteiger partial charge >= 0.3 is 5.97 Å². The van der Waals surface area contributed by atoms with Crippen molar-refractivity contribution in [3.05, 3.63) is 11.6 Å². The number of hydrogen-bond acceptors (Lipinski definition) is 5. The van der Waals surface area contributed by atoms with Crippen molar-refractivity contribution in [3.63, 3.8) is 0 Å². The summed E-state index contributed by atoms with van der Waals surface area (Å²) in [7, 11) is 1.65. The van der Waals surface area contributed by atoms with Crippen molar-refractivity contribution in [3.8, 4) is 0 Å². The summed E-state index contributed by atoms with van der Waals surface area (Å²) in [6, 6.07) is 0.202. The predicted octanol–water partition coefficient (Wildman–Crippen LogP) is 4.95. The minimum atomic E-state index is -0.380. The molecule has 1 fully saturated rings. The summed E-state index contributed by atoms with van der Waals surface area (Å²) in [5.41, 5.74) is 0.465. The van der Waals surface area contributed by atoms with Gasteiger partial charge in [0.25, 0.3) is 0 Å². The summed E-state index contributed by atoms with van der Waals surface area (Å²) in [5, 5.41) is 2.79. The Morgan fingerprint density at radius 2 is 1.68 bits per heavy atom. The molecule has 0 spiro atoms. The maximum atomic E-state index is 12.6. The number of nitrogens with zero attached hydrogens (tertiary/aromatic N) is 2. The van der Waals surface area contributed by atoms with E-state index in [1.54, 1.807) is 27.0 Å². The highest BCUT2D eigenvalue weighted by atomic mass is 16.5. The van der Waals surface area contributed by atoms with Gasteiger partial charge in [0, 0.05) is 25.2 Å². The van der Waals surface area contributed by atoms with Crippen LogP contribution in [0.15, 0.2) is 11.6 Å². The van der Waals surface area contributed by atoms with Crippen molar-refractivity contribution in [2.75, 3.05) is 33.3 Å². The summed E-state index contributed by atoms with van der Waals surface area (Å²) in [4.78, 5) is 40.2. The van der Waals surface area contributed by atoms with E-state index in [1.165, 1.54) is 24.2 Å². The van der Waals surface area contributed by atoms with Crippen LogP contribution in [0.2, 0.25) is 0 Å². The Morgan fingerprint density at radius 1 is 1.09 bits per heavy atom. The van der Waals surface area contributed by atoms with Crippen molar-refractivity contribution < 1.29 is 19.1 Å². The lowest BCUT2D eigenvalue weighted by atomic mass is 9.98. The first kappa shape index (κ1) is 34.3. The molecule has 1 N–H and O–H groups in total. The van der Waals surface area contributed by atoms with Gasteiger partial charge in [-0.1, -0.05) is 66.4 Å². The molecule has 0 radical (unpaired) electrons. The second kappa shape index (κ2) is 21.6. The van der Waals surface area contributed by atoms with E-state index in [4.69, 9.17) is 4.74 Å². The van der Waals surface area contributed by atoms with E-state index in [2.05, 4.69) is 51.8 Å². The fourth-order valence-corrected chi connectivity index (χ4v) is 3.12. The van der Waals surface area contributed by atoms with Gasteiger partial charge in [-0.2, -0.15) is 0 Å². The Bertz CT molecular complexity index is 590. The van der Waals surface area contributed by atoms with E-state index >= 15 is 0 Å². The highest BCUT2D eigenvalue weighted by Crippen LogP contribution is 2.21. The molecule has 2 unspecified atom stereocenters. The monoisotopic (exact) mass is 483 g/mol. The average Bonchev–Trinajstić information content (AvgIpc) is 2.85. The van der Waals surface area contributed by atoms with Crippen molar-refractivity contribution in [2.24, 2.45) is 0 Å². The lowest BCUT2D eigenvalue weighted by Crippen LogP contribution is -2.53. The molecule has 1 rings (SSSR count). The van der Waals surface area contributed by atoms with Gasteiger partial charge in [-0.25, -0.2) is 4.79 Å². The normalized spacial score (nSPS) is 16.7. The number of rotatable bonds is 10. The molecule has 1 heterocycles. The maximum Gasteiger partial charge on any atom is 0.333 e. The van der Waals surface area contributed by atoms with Gasteiger partial charge in [-0.3, -0.25) is 14.5 Å². The molecule has 1 aliphatic heterocycles. The molecule has 1 saturated heterocycles. The van der Waals surface area contributed by atoms with E-state index in [0.29, 0.717) is 24.8 Å². The molecule has 1 aliphatic rings. The Kier molecular flexibility index (Phi) is 21.8. The molecule has 7 nitrogen and oxygen atoms in total. The van der Waals surface area contributed by atoms with Crippen LogP contribution < -0.4 is 5.32 Å². The molecule has 0 aromatic heterocycles. The smallest absolute Gasteiger partial charge is 0.333 e. The molecule has 200 valence electrons. The molecule has 34 heavy (non-hydrogen) atoms. The van der Waals surface area contributed by atoms with Crippen LogP contribution in [0.5, 0.6) is 0 Å². The molecule has 2 atom stereocenters. The van der Waals surface area contributed by atoms with Crippen molar-refractivity contribution in [1.29, 1.82) is 0 Å². The van der Waals surface area contributed by atoms with Crippen molar-refractivity contribution >= 4 is 17.8 Å². The van der Waals surface area contributed by atoms with Gasteiger partial charge in [-0.15, -0.1) is 0 Å². The Hall–Kier alpha value is -1.89. The van der Waals surface area contributed by atoms with Crippen LogP contribution in [-0.2, 0) is 19.1 Å². The van der Waals surface area contributed by atoms with Gasteiger partial charge in [0.05, 0.1) is 19.2 Å². The Morgan fingerprint density at radius 3 is 2.18 bits per heavy atom. The fourth-order valence-electron chi connectivity index (χ4n) is 3.12. The minimum Gasteiger partial charge on any atom is -0.463 e. The van der Waals surface area contributed by atoms with Gasteiger partial charge in [0.2, 0.25) is 11.8 Å². The summed E-state index contributed by atoms with van der Waals surface area (Å²) in [6.07, 6.45) is 9.53. The van der Waals surface area contributed by atoms with Gasteiger partial charge in [0.1, 0.15) is 0 Å². The van der Waals surface area contributed by atoms with E-state index in [0.717, 1.165) is 32.2 Å². The minimum absolute atomic E-state index is 0.0352. The van der Waals surface area contributed by atoms with Crippen LogP contribution in [0, 0.1) is 0 Å². The summed E-state index contributed by atoms with van der Waals surface area (Å²) in [6.45, 7) is 17.8. The van der Waals surface area contributed by atoms with Gasteiger partial charge < -0.3 is 15.0 Å². The molecule has 2 amide bonds. The van der Waals surface area contributed by atoms with E-state index in [-0.39, 0.29) is 30.4 Å². The number of amides is 2. The van der Waals surface area contributed by atoms with Gasteiger partial charge in [-0.05, 0) is 46.6 Å². The quantitative estimate of drug-likeness (QED) is 0.351. The first-order valence-corrected chi connectivity index (χ1v) is 13.3. The SMILES string of the molecule is CCC.CCCC.CCOC(=O)/C(C)=C/CN(C)C(=O)CNC(=O)C1CCCCN1C(C)CC. The summed E-state index contributed by atoms with van der Waals surface area (Å²) >= 11 is 0. The number of carbonyl (C=O) groups excluding carboxylic acids is 3. The van der Waals surface area contributed by atoms with E-state index < -0.39 is 0 Å². The number of nitrogens with one attached hydrogen (secondary N) is 1. The van der Waals surface area contributed by atoms with E-state index in [1.807, 2.05) is 0 Å². The maximum absolute atomic E-state index is 12.6. The first-order valence-electron chi connectivity index (χ1n) is 13.3. The number of esters is 1. The second-order valence-corrected chi connectivity index (χ2v) is 8.81. The summed E-state index contributed by atoms with van der Waals surface area (Å²) in [5.74, 6) is -0.647. The third-order valence-electron chi connectivity index (χ3n) is 5.61. The second-order valence-electron chi connectivity index (χ2n) is 8.81. The van der Waals surface area contributed by atoms with Crippen LogP contribution in [0.1, 0.15) is 100 Å². The zero-order chi connectivity index (χ0) is 26.5. The lowest BCUT2D eigenvalue weighted by Gasteiger charge is -2.38. The molecule has 0 aromatic rings. The van der Waals surface area contributed by atoms with E-state index in [9.17, 15) is 14.4 Å². The molecular formula is C27H53N3O4. The molecule has 0 saturated carbocycles. The zero-order valence-corrected chi connectivity index (χ0v) is 23.5. The number of carbonyl (C=O) groups is 3. The zero-order valence-electron chi connectivity index (χ0n) is 23.5. The van der Waals surface area contributed by atoms with Crippen molar-refractivity contribution in [1.82, 2.24) is 15.1 Å². The van der Waals surface area contributed by atoms with Crippen LogP contribution >= 0.6 is 0 Å². The number of ether oxygens (including phenoxy) is 1. The molecule has 0 bridgehead atoms. The fraction of sp³-hybridized carbons (Fsp3) is 0.815. The number of likely N-dealkylation sites (tertiary alicyclic amines) is 1. The van der Waals surface area contributed by atoms with Crippen LogP contribution in [0.3, 0.4) is 0 Å². The van der Waals surface area contributed by atoms with Crippen molar-refractivity contribution in [2.45, 2.75) is 112 Å². The van der Waals surface area contributed by atoms with Crippen LogP contribution in [0.25, 0.3) is 0 Å². The molecule has 0 aromatic carbocycles. The van der Waals surface area contributed by atoms with Gasteiger partial charge in [0.15, 0.2) is 0 Å². The molecule has 7 heteroatoms. The Balaban J connectivity index is 0. The highest BCUT2D eigenvalue weighted by molar-refractivity contribution is 5.89. The first-order chi connectivity index (χ1) is 16.1. The lowest BCUT2D eigenvalue weighted by molar-refractivity contribution is -0.138. The van der Waals surface area contributed by atoms with Crippen LogP contribution in [0.4, 0.5) is 0 Å². The largest absolute Gasteiger partial charge is 0.463 e. The predicted molar refractivity (Wildman–Crippen MR) is 142 cm³/mol. The summed E-state index contributed by atoms with van der Waals surface area (Å²) < 4.78 is 4.91. The standard InChI is InChI=1S/C20H35N3O4.C4H10.C3H8/c1-6-16(4)23-12-9-8-10-17(23)19(25)21-14-18(24)22(5)13-11-15(3)20(26)27-7-2;1-3-4-2;1-3-2/h11,16-17H,6-10,12-14H2,1-5H3,(H,21,25);3-4H2,1-2H3;3H2,1-2H3/b15-11+;;. The molecule has 0 aliphatic carbocycles. The number of piperidine rings is 1. The molecular weight excluding hydrogens is 430 g/mol. The Labute approximate surface area is 209 Å². The third kappa shape index (κ3) is 15.1. The average molecular weight is 484 g/mol.